The summed E-state index contributed by atoms with van der Waals surface area (Å²) in [4.78, 5) is 34.7. The summed E-state index contributed by atoms with van der Waals surface area (Å²) in [5.74, 6) is 0.759. The zero-order valence-corrected chi connectivity index (χ0v) is 55.3. The molecular formula is C72H105N11. The number of benzene rings is 5. The van der Waals surface area contributed by atoms with Crippen molar-refractivity contribution in [3.8, 4) is 0 Å². The average Bonchev–Trinajstić information content (AvgIpc) is 3.74. The maximum absolute atomic E-state index is 4.24. The molecule has 448 valence electrons. The topological polar surface area (TPSA) is 142 Å². The summed E-state index contributed by atoms with van der Waals surface area (Å²) in [5, 5.41) is 16.3. The van der Waals surface area contributed by atoms with Gasteiger partial charge in [0.25, 0.3) is 0 Å². The predicted octanol–water partition coefficient (Wildman–Crippen LogP) is 20.9. The highest BCUT2D eigenvalue weighted by molar-refractivity contribution is 6.08. The molecule has 6 aromatic heterocycles. The van der Waals surface area contributed by atoms with E-state index >= 15 is 0 Å². The van der Waals surface area contributed by atoms with Crippen molar-refractivity contribution in [2.24, 2.45) is 0 Å². The lowest BCUT2D eigenvalue weighted by Crippen LogP contribution is -1.84. The third-order valence-corrected chi connectivity index (χ3v) is 9.27. The molecule has 0 spiro atoms. The molecule has 0 bridgehead atoms. The quantitative estimate of drug-likeness (QED) is 0.134. The van der Waals surface area contributed by atoms with Gasteiger partial charge in [0.2, 0.25) is 0 Å². The summed E-state index contributed by atoms with van der Waals surface area (Å²) in [6, 6.07) is 40.0. The van der Waals surface area contributed by atoms with Gasteiger partial charge in [0.05, 0.1) is 17.4 Å². The van der Waals surface area contributed by atoms with Crippen molar-refractivity contribution in [3.05, 3.63) is 236 Å². The fourth-order valence-corrected chi connectivity index (χ4v) is 6.02. The van der Waals surface area contributed by atoms with Gasteiger partial charge in [-0.15, -0.1) is 0 Å². The van der Waals surface area contributed by atoms with E-state index in [4.69, 9.17) is 0 Å². The molecule has 0 aliphatic carbocycles. The molecule has 11 heteroatoms. The van der Waals surface area contributed by atoms with E-state index in [9.17, 15) is 0 Å². The van der Waals surface area contributed by atoms with Crippen LogP contribution in [0, 0.1) is 48.5 Å². The first-order valence-corrected chi connectivity index (χ1v) is 29.7. The van der Waals surface area contributed by atoms with Crippen LogP contribution in [0.15, 0.2) is 196 Å². The Balaban J connectivity index is -0.000000425. The van der Waals surface area contributed by atoms with Crippen LogP contribution in [0.3, 0.4) is 0 Å². The maximum atomic E-state index is 4.24. The van der Waals surface area contributed by atoms with E-state index in [2.05, 4.69) is 201 Å². The summed E-state index contributed by atoms with van der Waals surface area (Å²) < 4.78 is 0. The lowest BCUT2D eigenvalue weighted by molar-refractivity contribution is 0.974. The van der Waals surface area contributed by atoms with Crippen LogP contribution >= 0.6 is 0 Å². The Kier molecular flexibility index (Phi) is 57.1. The zero-order chi connectivity index (χ0) is 63.5. The molecule has 0 aliphatic heterocycles. The first-order chi connectivity index (χ1) is 40.5. The van der Waals surface area contributed by atoms with Gasteiger partial charge in [0, 0.05) is 66.5 Å². The number of aryl methyl sites for hydroxylation is 7. The monoisotopic (exact) mass is 1120 g/mol. The average molecular weight is 1120 g/mol. The highest BCUT2D eigenvalue weighted by Crippen LogP contribution is 2.28. The van der Waals surface area contributed by atoms with E-state index in [1.807, 2.05) is 148 Å². The molecule has 0 unspecified atom stereocenters. The number of hydrogen-bond donors (Lipinski definition) is 0. The highest BCUT2D eigenvalue weighted by Gasteiger charge is 2.02. The Labute approximate surface area is 503 Å². The lowest BCUT2D eigenvalue weighted by atomic mass is 9.98. The van der Waals surface area contributed by atoms with Crippen molar-refractivity contribution >= 4 is 43.2 Å². The first kappa shape index (κ1) is 81.2. The molecule has 5 aromatic carbocycles. The van der Waals surface area contributed by atoms with Crippen LogP contribution in [0.4, 0.5) is 0 Å². The number of rotatable bonds is 0. The van der Waals surface area contributed by atoms with E-state index in [0.717, 1.165) is 28.2 Å². The van der Waals surface area contributed by atoms with Crippen molar-refractivity contribution in [1.29, 1.82) is 0 Å². The van der Waals surface area contributed by atoms with Crippen LogP contribution in [0.1, 0.15) is 163 Å². The molecular weight excluding hydrogens is 1020 g/mol. The summed E-state index contributed by atoms with van der Waals surface area (Å²) in [6.07, 6.45) is 24.5. The number of fused-ring (bicyclic) bond motifs is 5. The molecule has 0 aliphatic rings. The molecule has 11 nitrogen and oxygen atoms in total. The first-order valence-electron chi connectivity index (χ1n) is 29.7. The minimum Gasteiger partial charge on any atom is -0.264 e. The van der Waals surface area contributed by atoms with Crippen LogP contribution in [0.5, 0.6) is 0 Å². The Morgan fingerprint density at radius 1 is 0.301 bits per heavy atom. The Hall–Kier alpha value is -8.31. The van der Waals surface area contributed by atoms with Gasteiger partial charge in [-0.25, -0.2) is 24.9 Å². The van der Waals surface area contributed by atoms with Gasteiger partial charge in [-0.05, 0) is 128 Å². The van der Waals surface area contributed by atoms with Crippen molar-refractivity contribution in [3.63, 3.8) is 0 Å². The second-order valence-electron chi connectivity index (χ2n) is 16.2. The predicted molar refractivity (Wildman–Crippen MR) is 364 cm³/mol. The summed E-state index contributed by atoms with van der Waals surface area (Å²) in [6.45, 7) is 46.5. The normalized spacial score (nSPS) is 8.52. The third kappa shape index (κ3) is 39.7. The van der Waals surface area contributed by atoms with Gasteiger partial charge in [-0.1, -0.05) is 214 Å². The van der Waals surface area contributed by atoms with Crippen molar-refractivity contribution in [2.45, 2.75) is 172 Å². The number of hydrogen-bond acceptors (Lipinski definition) is 11. The molecule has 0 amide bonds. The van der Waals surface area contributed by atoms with Gasteiger partial charge >= 0.3 is 0 Å². The van der Waals surface area contributed by atoms with E-state index in [0.29, 0.717) is 0 Å². The molecule has 0 radical (unpaired) electrons. The Bertz CT molecular complexity index is 2880. The summed E-state index contributed by atoms with van der Waals surface area (Å²) in [5.41, 5.74) is 8.18. The van der Waals surface area contributed by atoms with Crippen LogP contribution in [-0.2, 0) is 0 Å². The summed E-state index contributed by atoms with van der Waals surface area (Å²) in [7, 11) is 0. The van der Waals surface area contributed by atoms with E-state index < -0.39 is 0 Å². The fraction of sp³-hybridized carbons (Fsp3) is 0.347. The molecule has 0 saturated heterocycles. The van der Waals surface area contributed by atoms with Gasteiger partial charge in [0.1, 0.15) is 24.8 Å². The third-order valence-electron chi connectivity index (χ3n) is 9.27. The Morgan fingerprint density at radius 2 is 0.831 bits per heavy atom. The second kappa shape index (κ2) is 58.3. The highest BCUT2D eigenvalue weighted by atomic mass is 15.1. The van der Waals surface area contributed by atoms with Crippen LogP contribution < -0.4 is 0 Å². The van der Waals surface area contributed by atoms with Gasteiger partial charge in [-0.3, -0.25) is 19.9 Å². The van der Waals surface area contributed by atoms with E-state index in [1.54, 1.807) is 43.4 Å². The molecule has 11 rings (SSSR count). The van der Waals surface area contributed by atoms with Crippen LogP contribution in [-0.4, -0.2) is 55.1 Å². The van der Waals surface area contributed by atoms with Gasteiger partial charge in [-0.2, -0.15) is 10.2 Å². The molecule has 0 fully saturated rings. The lowest BCUT2D eigenvalue weighted by Gasteiger charge is -2.06. The van der Waals surface area contributed by atoms with Gasteiger partial charge < -0.3 is 0 Å². The van der Waals surface area contributed by atoms with Crippen molar-refractivity contribution in [2.75, 3.05) is 0 Å². The SMILES string of the molecule is CC.CC.CC.CC.CC.CC.CCC.CCC.Cc1cc2ccccc2c2ccccc12.Cc1ccc2cccnc2c1.Cc1ccc2ccncc2c1.Cc1ccnnc1.Cc1cnccn1.Cc1cncnc1.Cc1ncncn1. The number of aromatic nitrogens is 11. The largest absolute Gasteiger partial charge is 0.264 e. The fourth-order valence-electron chi connectivity index (χ4n) is 6.02. The molecule has 0 atom stereocenters. The van der Waals surface area contributed by atoms with E-state index in [1.165, 1.54) is 86.2 Å². The van der Waals surface area contributed by atoms with Crippen LogP contribution in [0.25, 0.3) is 43.2 Å². The minimum atomic E-state index is 0.759. The molecule has 83 heavy (non-hydrogen) atoms. The minimum absolute atomic E-state index is 0.759. The molecule has 0 saturated carbocycles. The zero-order valence-electron chi connectivity index (χ0n) is 55.3. The van der Waals surface area contributed by atoms with Gasteiger partial charge in [0.15, 0.2) is 0 Å². The molecule has 11 aromatic rings. The van der Waals surface area contributed by atoms with Crippen molar-refractivity contribution in [1.82, 2.24) is 55.1 Å². The van der Waals surface area contributed by atoms with Crippen LogP contribution in [0.2, 0.25) is 0 Å². The standard InChI is InChI=1S/C15H12.2C10H9N.3C5H6N2.C4H5N3.2C3H8.6C2H6/c1-11-10-12-6-2-3-8-14(12)15-9-5-4-7-13(11)15;1-8-2-3-9-4-5-11-7-10(9)6-8;1-8-4-5-9-3-2-6-11-10(9)7-8;1-5-2-6-4-7-3-5;1-5-4-6-2-3-7-5;1-5-2-3-6-7-4-5;1-4-6-2-5-3-7-4;2*1-3-2;6*1-2/h2-10H,1H3;2*2-7H,1H3;3*2-4H,1H3;2-3H,1H3;2*3H2,1-2H3;6*1-2H3. The smallest absolute Gasteiger partial charge is 0.128 e. The van der Waals surface area contributed by atoms with Crippen molar-refractivity contribution < 1.29 is 0 Å². The molecule has 0 N–H and O–H groups in total. The van der Waals surface area contributed by atoms with E-state index in [-0.39, 0.29) is 0 Å². The number of nitrogens with zero attached hydrogens (tertiary/aromatic N) is 11. The second-order valence-corrected chi connectivity index (χ2v) is 16.2. The number of pyridine rings is 2. The Morgan fingerprint density at radius 3 is 1.30 bits per heavy atom. The summed E-state index contributed by atoms with van der Waals surface area (Å²) >= 11 is 0. The molecule has 6 heterocycles. The maximum Gasteiger partial charge on any atom is 0.128 e.